The number of hydrogen-bond acceptors (Lipinski definition) is 4. The molecule has 0 saturated heterocycles. The molecule has 1 aromatic heterocycles. The van der Waals surface area contributed by atoms with E-state index in [1.54, 1.807) is 25.6 Å². The highest BCUT2D eigenvalue weighted by Gasteiger charge is 2.12. The van der Waals surface area contributed by atoms with Crippen LogP contribution in [0.25, 0.3) is 0 Å². The summed E-state index contributed by atoms with van der Waals surface area (Å²) in [7, 11) is 1.54. The molecule has 5 nitrogen and oxygen atoms in total. The molecule has 0 saturated carbocycles. The molecule has 0 aliphatic heterocycles. The predicted octanol–water partition coefficient (Wildman–Crippen LogP) is 0.692. The highest BCUT2D eigenvalue weighted by atomic mass is 16.5. The van der Waals surface area contributed by atoms with Gasteiger partial charge in [0.2, 0.25) is 5.91 Å². The van der Waals surface area contributed by atoms with Crippen molar-refractivity contribution in [1.82, 2.24) is 4.98 Å². The Morgan fingerprint density at radius 1 is 1.69 bits per heavy atom. The van der Waals surface area contributed by atoms with Crippen LogP contribution in [0.2, 0.25) is 0 Å². The number of pyridine rings is 1. The smallest absolute Gasteiger partial charge is 0.227 e. The van der Waals surface area contributed by atoms with Crippen molar-refractivity contribution in [2.45, 2.75) is 19.4 Å². The molecule has 1 aromatic rings. The lowest BCUT2D eigenvalue weighted by molar-refractivity contribution is -0.118. The fourth-order valence-electron chi connectivity index (χ4n) is 1.28. The molecule has 88 valence electrons. The minimum Gasteiger partial charge on any atom is -0.380 e. The number of nitrogens with one attached hydrogen (secondary N) is 1. The van der Waals surface area contributed by atoms with Crippen LogP contribution < -0.4 is 11.1 Å². The van der Waals surface area contributed by atoms with Crippen LogP contribution in [0.4, 0.5) is 5.69 Å². The van der Waals surface area contributed by atoms with Crippen LogP contribution in [0.5, 0.6) is 0 Å². The van der Waals surface area contributed by atoms with E-state index in [0.29, 0.717) is 6.54 Å². The van der Waals surface area contributed by atoms with Gasteiger partial charge < -0.3 is 15.8 Å². The molecule has 0 radical (unpaired) electrons. The van der Waals surface area contributed by atoms with E-state index in [-0.39, 0.29) is 18.4 Å². The number of aryl methyl sites for hydroxylation is 1. The monoisotopic (exact) mass is 223 g/mol. The minimum absolute atomic E-state index is 0.105. The first-order chi connectivity index (χ1) is 7.67. The van der Waals surface area contributed by atoms with E-state index in [9.17, 15) is 4.79 Å². The molecular weight excluding hydrogens is 206 g/mol. The van der Waals surface area contributed by atoms with Crippen molar-refractivity contribution in [2.24, 2.45) is 5.73 Å². The molecule has 16 heavy (non-hydrogen) atoms. The van der Waals surface area contributed by atoms with Crippen LogP contribution in [-0.4, -0.2) is 30.6 Å². The van der Waals surface area contributed by atoms with Gasteiger partial charge in [-0.3, -0.25) is 9.78 Å². The zero-order valence-corrected chi connectivity index (χ0v) is 9.56. The van der Waals surface area contributed by atoms with Gasteiger partial charge in [-0.2, -0.15) is 0 Å². The number of anilines is 1. The Morgan fingerprint density at radius 3 is 3.00 bits per heavy atom. The van der Waals surface area contributed by atoms with Gasteiger partial charge in [0, 0.05) is 31.7 Å². The summed E-state index contributed by atoms with van der Waals surface area (Å²) < 4.78 is 5.04. The lowest BCUT2D eigenvalue weighted by Crippen LogP contribution is -2.28. The van der Waals surface area contributed by atoms with Crippen LogP contribution in [0, 0.1) is 6.92 Å². The van der Waals surface area contributed by atoms with E-state index in [0.717, 1.165) is 11.3 Å². The lowest BCUT2D eigenvalue weighted by atomic mass is 10.2. The molecule has 0 aliphatic carbocycles. The first kappa shape index (κ1) is 12.6. The minimum atomic E-state index is -0.234. The van der Waals surface area contributed by atoms with E-state index in [1.165, 1.54) is 0 Å². The zero-order chi connectivity index (χ0) is 12.0. The van der Waals surface area contributed by atoms with Gasteiger partial charge >= 0.3 is 0 Å². The fraction of sp³-hybridized carbons (Fsp3) is 0.455. The summed E-state index contributed by atoms with van der Waals surface area (Å²) in [6.07, 6.45) is 3.36. The van der Waals surface area contributed by atoms with Gasteiger partial charge in [0.05, 0.1) is 12.5 Å². The molecule has 1 rings (SSSR count). The number of nitrogens with two attached hydrogens (primary N) is 1. The van der Waals surface area contributed by atoms with Gasteiger partial charge in [0.15, 0.2) is 0 Å². The number of methoxy groups -OCH3 is 1. The van der Waals surface area contributed by atoms with E-state index >= 15 is 0 Å². The number of nitrogens with zero attached hydrogens (tertiary/aromatic N) is 1. The van der Waals surface area contributed by atoms with Gasteiger partial charge in [-0.1, -0.05) is 0 Å². The second kappa shape index (κ2) is 6.19. The molecule has 5 heteroatoms. The van der Waals surface area contributed by atoms with Crippen molar-refractivity contribution in [3.63, 3.8) is 0 Å². The zero-order valence-electron chi connectivity index (χ0n) is 9.56. The Morgan fingerprint density at radius 2 is 2.44 bits per heavy atom. The Labute approximate surface area is 95.0 Å². The molecule has 0 bridgehead atoms. The maximum Gasteiger partial charge on any atom is 0.227 e. The number of ether oxygens (including phenoxy) is 1. The third kappa shape index (κ3) is 3.60. The fourth-order valence-corrected chi connectivity index (χ4v) is 1.28. The first-order valence-electron chi connectivity index (χ1n) is 5.10. The Hall–Kier alpha value is -1.46. The van der Waals surface area contributed by atoms with Gasteiger partial charge in [-0.05, 0) is 18.6 Å². The average Bonchev–Trinajstić information content (AvgIpc) is 2.29. The van der Waals surface area contributed by atoms with Crippen LogP contribution in [-0.2, 0) is 9.53 Å². The van der Waals surface area contributed by atoms with Crippen molar-refractivity contribution in [1.29, 1.82) is 0 Å². The first-order valence-corrected chi connectivity index (χ1v) is 5.10. The molecule has 1 amide bonds. The second-order valence-electron chi connectivity index (χ2n) is 3.54. The number of carbonyl (C=O) groups is 1. The van der Waals surface area contributed by atoms with Crippen LogP contribution in [0.15, 0.2) is 18.5 Å². The van der Waals surface area contributed by atoms with Gasteiger partial charge in [-0.25, -0.2) is 0 Å². The number of rotatable bonds is 5. The summed E-state index contributed by atoms with van der Waals surface area (Å²) in [5.41, 5.74) is 7.14. The summed E-state index contributed by atoms with van der Waals surface area (Å²) >= 11 is 0. The van der Waals surface area contributed by atoms with Crippen molar-refractivity contribution in [3.05, 3.63) is 24.0 Å². The van der Waals surface area contributed by atoms with Crippen LogP contribution in [0.3, 0.4) is 0 Å². The number of carbonyl (C=O) groups excluding carboxylic acids is 1. The highest BCUT2D eigenvalue weighted by molar-refractivity contribution is 5.91. The van der Waals surface area contributed by atoms with E-state index in [4.69, 9.17) is 10.5 Å². The maximum atomic E-state index is 11.6. The molecular formula is C11H17N3O2. The molecule has 0 aliphatic rings. The summed E-state index contributed by atoms with van der Waals surface area (Å²) in [5, 5.41) is 2.79. The van der Waals surface area contributed by atoms with Gasteiger partial charge in [0.25, 0.3) is 0 Å². The predicted molar refractivity (Wildman–Crippen MR) is 62.1 cm³/mol. The molecule has 0 spiro atoms. The highest BCUT2D eigenvalue weighted by Crippen LogP contribution is 2.12. The van der Waals surface area contributed by atoms with Gasteiger partial charge in [0.1, 0.15) is 0 Å². The quantitative estimate of drug-likeness (QED) is 0.770. The third-order valence-corrected chi connectivity index (χ3v) is 2.30. The molecule has 1 unspecified atom stereocenters. The van der Waals surface area contributed by atoms with Crippen LogP contribution in [0.1, 0.15) is 12.0 Å². The average molecular weight is 223 g/mol. The summed E-state index contributed by atoms with van der Waals surface area (Å²) in [4.78, 5) is 15.6. The Kier molecular flexibility index (Phi) is 4.88. The second-order valence-corrected chi connectivity index (χ2v) is 3.54. The van der Waals surface area contributed by atoms with Crippen LogP contribution >= 0.6 is 0 Å². The SMILES string of the molecule is COC(CN)CC(=O)Nc1ccncc1C. The topological polar surface area (TPSA) is 77.2 Å². The molecule has 0 aromatic carbocycles. The number of aromatic nitrogens is 1. The maximum absolute atomic E-state index is 11.6. The number of hydrogen-bond donors (Lipinski definition) is 2. The summed E-state index contributed by atoms with van der Waals surface area (Å²) in [5.74, 6) is -0.105. The Balaban J connectivity index is 2.55. The van der Waals surface area contributed by atoms with Crippen molar-refractivity contribution < 1.29 is 9.53 Å². The largest absolute Gasteiger partial charge is 0.380 e. The van der Waals surface area contributed by atoms with Crippen molar-refractivity contribution >= 4 is 11.6 Å². The van der Waals surface area contributed by atoms with E-state index < -0.39 is 0 Å². The van der Waals surface area contributed by atoms with Crippen molar-refractivity contribution in [2.75, 3.05) is 19.0 Å². The van der Waals surface area contributed by atoms with E-state index in [1.807, 2.05) is 6.92 Å². The van der Waals surface area contributed by atoms with Crippen molar-refractivity contribution in [3.8, 4) is 0 Å². The molecule has 0 fully saturated rings. The standard InChI is InChI=1S/C11H17N3O2/c1-8-7-13-4-3-10(8)14-11(15)5-9(6-12)16-2/h3-4,7,9H,5-6,12H2,1-2H3,(H,13,14,15). The number of amides is 1. The normalized spacial score (nSPS) is 12.2. The molecule has 1 heterocycles. The summed E-state index contributed by atoms with van der Waals surface area (Å²) in [6, 6.07) is 1.76. The third-order valence-electron chi connectivity index (χ3n) is 2.30. The van der Waals surface area contributed by atoms with Gasteiger partial charge in [-0.15, -0.1) is 0 Å². The molecule has 1 atom stereocenters. The lowest BCUT2D eigenvalue weighted by Gasteiger charge is -2.13. The summed E-state index contributed by atoms with van der Waals surface area (Å²) in [6.45, 7) is 2.22. The van der Waals surface area contributed by atoms with E-state index in [2.05, 4.69) is 10.3 Å². The molecule has 3 N–H and O–H groups in total. The Bertz CT molecular complexity index is 351.